The zero-order valence-electron chi connectivity index (χ0n) is 24.4. The van der Waals surface area contributed by atoms with E-state index in [9.17, 15) is 14.4 Å². The van der Waals surface area contributed by atoms with Gasteiger partial charge in [0, 0.05) is 12.6 Å². The van der Waals surface area contributed by atoms with Crippen molar-refractivity contribution in [2.24, 2.45) is 0 Å². The first kappa shape index (κ1) is 30.0. The summed E-state index contributed by atoms with van der Waals surface area (Å²) in [5, 5.41) is 2.65. The molecule has 0 bridgehead atoms. The predicted molar refractivity (Wildman–Crippen MR) is 151 cm³/mol. The molecular weight excluding hydrogens is 528 g/mol. The Morgan fingerprint density at radius 2 is 1.61 bits per heavy atom. The maximum Gasteiger partial charge on any atom is 0.407 e. The Morgan fingerprint density at radius 1 is 0.951 bits per heavy atom. The summed E-state index contributed by atoms with van der Waals surface area (Å²) in [7, 11) is 1.62. The zero-order chi connectivity index (χ0) is 29.6. The normalized spacial score (nSPS) is 13.1. The van der Waals surface area contributed by atoms with Crippen LogP contribution in [-0.4, -0.2) is 73.1 Å². The molecule has 0 saturated heterocycles. The Kier molecular flexibility index (Phi) is 9.61. The van der Waals surface area contributed by atoms with Crippen LogP contribution in [0, 0.1) is 0 Å². The molecule has 2 heterocycles. The van der Waals surface area contributed by atoms with E-state index in [0.29, 0.717) is 62.9 Å². The first-order chi connectivity index (χ1) is 19.6. The highest BCUT2D eigenvalue weighted by atomic mass is 16.6. The molecule has 1 N–H and O–H groups in total. The number of methoxy groups -OCH3 is 1. The molecule has 1 aromatic heterocycles. The smallest absolute Gasteiger partial charge is 0.407 e. The number of rotatable bonds is 13. The lowest BCUT2D eigenvalue weighted by atomic mass is 10.1. The van der Waals surface area contributed by atoms with Crippen LogP contribution in [0.15, 0.2) is 42.5 Å². The molecule has 0 atom stereocenters. The number of aromatic nitrogens is 2. The van der Waals surface area contributed by atoms with E-state index in [1.165, 1.54) is 4.90 Å². The fourth-order valence-electron chi connectivity index (χ4n) is 4.81. The van der Waals surface area contributed by atoms with Gasteiger partial charge in [-0.05, 0) is 52.0 Å². The largest absolute Gasteiger partial charge is 0.497 e. The second-order valence-electron chi connectivity index (χ2n) is 10.6. The number of aryl methyl sites for hydroxylation is 1. The first-order valence-electron chi connectivity index (χ1n) is 13.8. The number of nitrogens with one attached hydrogen (secondary N) is 1. The minimum atomic E-state index is -0.546. The lowest BCUT2D eigenvalue weighted by Crippen LogP contribution is -2.42. The first-order valence-corrected chi connectivity index (χ1v) is 13.8. The summed E-state index contributed by atoms with van der Waals surface area (Å²) in [6, 6.07) is 12.7. The molecule has 1 aliphatic rings. The van der Waals surface area contributed by atoms with Gasteiger partial charge < -0.3 is 24.3 Å². The molecule has 11 heteroatoms. The standard InChI is InChI=1S/C30H38N4O7/c1-6-32-24-12-11-21(38-5)19-25(24)33(14-16-40-18-17-39-15-13-31-29(37)41-30(2,3)4)26(32)20-34-27(35)22-9-7-8-10-23(22)28(34)36/h7-12,19H,6,13-18,20H2,1-5H3/p+1. The molecule has 4 rings (SSSR count). The number of ether oxygens (including phenoxy) is 4. The summed E-state index contributed by atoms with van der Waals surface area (Å²) in [5.41, 5.74) is 2.20. The molecule has 0 unspecified atom stereocenters. The molecule has 0 fully saturated rings. The van der Waals surface area contributed by atoms with Crippen LogP contribution in [0.5, 0.6) is 5.75 Å². The number of imide groups is 1. The zero-order valence-corrected chi connectivity index (χ0v) is 24.4. The van der Waals surface area contributed by atoms with Crippen molar-refractivity contribution in [2.45, 2.75) is 52.9 Å². The maximum atomic E-state index is 13.1. The Hall–Kier alpha value is -3.96. The van der Waals surface area contributed by atoms with Crippen molar-refractivity contribution in [3.05, 3.63) is 59.4 Å². The number of benzene rings is 2. The van der Waals surface area contributed by atoms with Crippen LogP contribution in [0.2, 0.25) is 0 Å². The average molecular weight is 568 g/mol. The van der Waals surface area contributed by atoms with Crippen molar-refractivity contribution in [3.8, 4) is 5.75 Å². The molecule has 3 aromatic rings. The van der Waals surface area contributed by atoms with Gasteiger partial charge in [0.1, 0.15) is 24.4 Å². The van der Waals surface area contributed by atoms with Crippen molar-refractivity contribution in [1.82, 2.24) is 14.8 Å². The van der Waals surface area contributed by atoms with Crippen molar-refractivity contribution < 1.29 is 37.9 Å². The number of nitrogens with zero attached hydrogens (tertiary/aromatic N) is 3. The van der Waals surface area contributed by atoms with Crippen LogP contribution in [0.4, 0.5) is 4.79 Å². The summed E-state index contributed by atoms with van der Waals surface area (Å²) in [5.74, 6) is 0.939. The highest BCUT2D eigenvalue weighted by Gasteiger charge is 2.38. The summed E-state index contributed by atoms with van der Waals surface area (Å²) < 4.78 is 26.3. The van der Waals surface area contributed by atoms with Crippen molar-refractivity contribution in [3.63, 3.8) is 0 Å². The third-order valence-corrected chi connectivity index (χ3v) is 6.63. The quantitative estimate of drug-likeness (QED) is 0.192. The molecule has 11 nitrogen and oxygen atoms in total. The Labute approximate surface area is 239 Å². The molecule has 220 valence electrons. The van der Waals surface area contributed by atoms with Gasteiger partial charge in [-0.15, -0.1) is 0 Å². The van der Waals surface area contributed by atoms with Gasteiger partial charge >= 0.3 is 6.09 Å². The molecule has 0 saturated carbocycles. The Morgan fingerprint density at radius 3 is 2.22 bits per heavy atom. The highest BCUT2D eigenvalue weighted by molar-refractivity contribution is 6.21. The summed E-state index contributed by atoms with van der Waals surface area (Å²) >= 11 is 0. The Balaban J connectivity index is 1.39. The molecule has 3 amide bonds. The van der Waals surface area contributed by atoms with Gasteiger partial charge in [-0.3, -0.25) is 14.5 Å². The van der Waals surface area contributed by atoms with E-state index in [1.54, 1.807) is 31.4 Å². The molecule has 41 heavy (non-hydrogen) atoms. The third-order valence-electron chi connectivity index (χ3n) is 6.63. The minimum absolute atomic E-state index is 0.130. The highest BCUT2D eigenvalue weighted by Crippen LogP contribution is 2.26. The van der Waals surface area contributed by atoms with Crippen LogP contribution < -0.4 is 14.6 Å². The third kappa shape index (κ3) is 7.04. The maximum absolute atomic E-state index is 13.1. The van der Waals surface area contributed by atoms with Gasteiger partial charge in [-0.25, -0.2) is 13.9 Å². The van der Waals surface area contributed by atoms with E-state index in [-0.39, 0.29) is 18.4 Å². The van der Waals surface area contributed by atoms with Gasteiger partial charge in [0.05, 0.1) is 51.2 Å². The number of fused-ring (bicyclic) bond motifs is 2. The average Bonchev–Trinajstić information content (AvgIpc) is 3.36. The van der Waals surface area contributed by atoms with Crippen molar-refractivity contribution in [1.29, 1.82) is 0 Å². The second kappa shape index (κ2) is 13.1. The van der Waals surface area contributed by atoms with E-state index in [1.807, 2.05) is 45.9 Å². The van der Waals surface area contributed by atoms with Crippen LogP contribution in [0.3, 0.4) is 0 Å². The van der Waals surface area contributed by atoms with Gasteiger partial charge in [0.15, 0.2) is 11.0 Å². The van der Waals surface area contributed by atoms with Crippen LogP contribution in [0.1, 0.15) is 54.2 Å². The van der Waals surface area contributed by atoms with Crippen molar-refractivity contribution in [2.75, 3.05) is 40.1 Å². The van der Waals surface area contributed by atoms with Gasteiger partial charge in [0.25, 0.3) is 17.6 Å². The molecular formula is C30H39N4O7+. The molecule has 0 aliphatic carbocycles. The number of hydrogen-bond donors (Lipinski definition) is 1. The van der Waals surface area contributed by atoms with E-state index in [2.05, 4.69) is 14.5 Å². The Bertz CT molecular complexity index is 1370. The number of amides is 3. The molecule has 2 aromatic carbocycles. The van der Waals surface area contributed by atoms with E-state index in [0.717, 1.165) is 16.9 Å². The van der Waals surface area contributed by atoms with Gasteiger partial charge in [-0.2, -0.15) is 0 Å². The monoisotopic (exact) mass is 567 g/mol. The number of alkyl carbamates (subject to hydrolysis) is 1. The number of hydrogen-bond acceptors (Lipinski definition) is 7. The summed E-state index contributed by atoms with van der Waals surface area (Å²) in [6.07, 6.45) is -0.478. The van der Waals surface area contributed by atoms with E-state index >= 15 is 0 Å². The van der Waals surface area contributed by atoms with E-state index < -0.39 is 11.7 Å². The van der Waals surface area contributed by atoms with Crippen molar-refractivity contribution >= 4 is 28.9 Å². The molecule has 0 spiro atoms. The summed E-state index contributed by atoms with van der Waals surface area (Å²) in [6.45, 7) is 10.5. The summed E-state index contributed by atoms with van der Waals surface area (Å²) in [4.78, 5) is 39.3. The lowest BCUT2D eigenvalue weighted by Gasteiger charge is -2.19. The molecule has 0 radical (unpaired) electrons. The number of carbonyl (C=O) groups is 3. The van der Waals surface area contributed by atoms with E-state index in [4.69, 9.17) is 18.9 Å². The van der Waals surface area contributed by atoms with Gasteiger partial charge in [-0.1, -0.05) is 12.1 Å². The predicted octanol–water partition coefficient (Wildman–Crippen LogP) is 3.31. The topological polar surface area (TPSA) is 112 Å². The van der Waals surface area contributed by atoms with Crippen LogP contribution in [-0.2, 0) is 33.8 Å². The minimum Gasteiger partial charge on any atom is -0.497 e. The fraction of sp³-hybridized carbons (Fsp3) is 0.467. The lowest BCUT2D eigenvalue weighted by molar-refractivity contribution is -0.677. The van der Waals surface area contributed by atoms with Crippen LogP contribution in [0.25, 0.3) is 11.0 Å². The fourth-order valence-corrected chi connectivity index (χ4v) is 4.81. The number of imidazole rings is 1. The second-order valence-corrected chi connectivity index (χ2v) is 10.6. The molecule has 1 aliphatic heterocycles. The van der Waals surface area contributed by atoms with Gasteiger partial charge in [0.2, 0.25) is 0 Å². The van der Waals surface area contributed by atoms with Crippen LogP contribution >= 0.6 is 0 Å². The SMILES string of the molecule is CC[n+]1c(CN2C(=O)c3ccccc3C2=O)n(CCOCCOCCNC(=O)OC(C)(C)C)c2cc(OC)ccc21. The number of carbonyl (C=O) groups excluding carboxylic acids is 3.